The second kappa shape index (κ2) is 4.60. The monoisotopic (exact) mass is 239 g/mol. The van der Waals surface area contributed by atoms with Crippen molar-refractivity contribution in [3.63, 3.8) is 0 Å². The maximum absolute atomic E-state index is 5.67. The number of fused-ring (bicyclic) bond motifs is 1. The van der Waals surface area contributed by atoms with E-state index in [-0.39, 0.29) is 6.04 Å². The fraction of sp³-hybridized carbons (Fsp3) is 0.0714. The Labute approximate surface area is 104 Å². The Morgan fingerprint density at radius 2 is 2.06 bits per heavy atom. The van der Waals surface area contributed by atoms with Crippen LogP contribution in [0.3, 0.4) is 0 Å². The molecule has 0 saturated carbocycles. The lowest BCUT2D eigenvalue weighted by atomic mass is 9.99. The lowest BCUT2D eigenvalue weighted by Crippen LogP contribution is -2.28. The molecule has 3 rings (SSSR count). The average molecular weight is 239 g/mol. The van der Waals surface area contributed by atoms with Crippen LogP contribution in [0.5, 0.6) is 0 Å². The van der Waals surface area contributed by atoms with Crippen LogP contribution in [-0.2, 0) is 0 Å². The highest BCUT2D eigenvalue weighted by Crippen LogP contribution is 2.27. The van der Waals surface area contributed by atoms with E-state index in [1.807, 2.05) is 36.4 Å². The molecule has 4 heteroatoms. The zero-order valence-corrected chi connectivity index (χ0v) is 9.71. The lowest BCUT2D eigenvalue weighted by Gasteiger charge is -2.16. The van der Waals surface area contributed by atoms with Gasteiger partial charge in [0.25, 0.3) is 0 Å². The number of nitrogens with one attached hydrogen (secondary N) is 1. The van der Waals surface area contributed by atoms with Crippen LogP contribution in [0, 0.1) is 0 Å². The molecule has 2 aromatic heterocycles. The van der Waals surface area contributed by atoms with Crippen molar-refractivity contribution < 1.29 is 4.42 Å². The van der Waals surface area contributed by atoms with Gasteiger partial charge in [-0.25, -0.2) is 5.43 Å². The summed E-state index contributed by atoms with van der Waals surface area (Å²) in [5.41, 5.74) is 5.78. The molecule has 1 atom stereocenters. The van der Waals surface area contributed by atoms with E-state index in [1.165, 1.54) is 0 Å². The third kappa shape index (κ3) is 1.77. The Morgan fingerprint density at radius 3 is 2.83 bits per heavy atom. The number of furan rings is 1. The minimum Gasteiger partial charge on any atom is -0.472 e. The van der Waals surface area contributed by atoms with Crippen LogP contribution < -0.4 is 11.3 Å². The quantitative estimate of drug-likeness (QED) is 0.544. The molecule has 4 nitrogen and oxygen atoms in total. The predicted molar refractivity (Wildman–Crippen MR) is 69.6 cm³/mol. The van der Waals surface area contributed by atoms with E-state index in [1.54, 1.807) is 18.7 Å². The summed E-state index contributed by atoms with van der Waals surface area (Å²) in [5, 5.41) is 1.10. The molecule has 0 fully saturated rings. The van der Waals surface area contributed by atoms with E-state index in [9.17, 15) is 0 Å². The summed E-state index contributed by atoms with van der Waals surface area (Å²) in [6.07, 6.45) is 5.11. The zero-order valence-electron chi connectivity index (χ0n) is 9.71. The van der Waals surface area contributed by atoms with Gasteiger partial charge in [-0.15, -0.1) is 0 Å². The Hall–Kier alpha value is -2.17. The fourth-order valence-electron chi connectivity index (χ4n) is 2.17. The van der Waals surface area contributed by atoms with Gasteiger partial charge in [0.2, 0.25) is 0 Å². The van der Waals surface area contributed by atoms with Gasteiger partial charge in [-0.05, 0) is 12.1 Å². The molecular formula is C14H13N3O. The molecule has 3 N–H and O–H groups in total. The van der Waals surface area contributed by atoms with Crippen molar-refractivity contribution >= 4 is 10.9 Å². The standard InChI is InChI=1S/C14H13N3O/c15-17-14(11-6-8-18-9-11)12-5-1-3-10-4-2-7-16-13(10)12/h1-9,14,17H,15H2. The highest BCUT2D eigenvalue weighted by Gasteiger charge is 2.16. The van der Waals surface area contributed by atoms with Crippen LogP contribution in [0.1, 0.15) is 17.2 Å². The van der Waals surface area contributed by atoms with Crippen molar-refractivity contribution in [2.45, 2.75) is 6.04 Å². The lowest BCUT2D eigenvalue weighted by molar-refractivity contribution is 0.553. The van der Waals surface area contributed by atoms with Crippen molar-refractivity contribution in [3.8, 4) is 0 Å². The Morgan fingerprint density at radius 1 is 1.17 bits per heavy atom. The van der Waals surface area contributed by atoms with E-state index in [2.05, 4.69) is 10.4 Å². The number of rotatable bonds is 3. The molecule has 0 aliphatic rings. The molecular weight excluding hydrogens is 226 g/mol. The first-order valence-corrected chi connectivity index (χ1v) is 5.72. The molecule has 3 aromatic rings. The predicted octanol–water partition coefficient (Wildman–Crippen LogP) is 2.38. The third-order valence-corrected chi connectivity index (χ3v) is 3.02. The van der Waals surface area contributed by atoms with E-state index in [0.717, 1.165) is 22.0 Å². The number of hydrogen-bond donors (Lipinski definition) is 2. The number of hydrazine groups is 1. The van der Waals surface area contributed by atoms with E-state index in [0.29, 0.717) is 0 Å². The largest absolute Gasteiger partial charge is 0.472 e. The molecule has 1 aromatic carbocycles. The van der Waals surface area contributed by atoms with Crippen LogP contribution in [0.25, 0.3) is 10.9 Å². The zero-order chi connectivity index (χ0) is 12.4. The van der Waals surface area contributed by atoms with E-state index in [4.69, 9.17) is 10.3 Å². The van der Waals surface area contributed by atoms with Gasteiger partial charge in [-0.3, -0.25) is 10.8 Å². The molecule has 0 spiro atoms. The van der Waals surface area contributed by atoms with Crippen molar-refractivity contribution in [2.24, 2.45) is 5.84 Å². The van der Waals surface area contributed by atoms with Gasteiger partial charge >= 0.3 is 0 Å². The van der Waals surface area contributed by atoms with Gasteiger partial charge in [0.05, 0.1) is 24.1 Å². The number of aromatic nitrogens is 1. The number of pyridine rings is 1. The molecule has 90 valence electrons. The third-order valence-electron chi connectivity index (χ3n) is 3.02. The number of para-hydroxylation sites is 1. The summed E-state index contributed by atoms with van der Waals surface area (Å²) in [6, 6.07) is 11.8. The molecule has 2 heterocycles. The van der Waals surface area contributed by atoms with Crippen LogP contribution in [0.2, 0.25) is 0 Å². The highest BCUT2D eigenvalue weighted by molar-refractivity contribution is 5.82. The Balaban J connectivity index is 2.18. The van der Waals surface area contributed by atoms with Crippen LogP contribution in [0.15, 0.2) is 59.5 Å². The average Bonchev–Trinajstić information content (AvgIpc) is 2.94. The first kappa shape index (κ1) is 11.0. The molecule has 1 unspecified atom stereocenters. The number of nitrogens with two attached hydrogens (primary N) is 1. The van der Waals surface area contributed by atoms with Crippen LogP contribution in [-0.4, -0.2) is 4.98 Å². The molecule has 0 saturated heterocycles. The van der Waals surface area contributed by atoms with Gasteiger partial charge in [0.15, 0.2) is 0 Å². The minimum atomic E-state index is -0.123. The maximum Gasteiger partial charge on any atom is 0.0954 e. The van der Waals surface area contributed by atoms with Crippen molar-refractivity contribution in [2.75, 3.05) is 0 Å². The summed E-state index contributed by atoms with van der Waals surface area (Å²) in [7, 11) is 0. The van der Waals surface area contributed by atoms with Gasteiger partial charge < -0.3 is 4.42 Å². The maximum atomic E-state index is 5.67. The number of hydrogen-bond acceptors (Lipinski definition) is 4. The minimum absolute atomic E-state index is 0.123. The normalized spacial score (nSPS) is 12.7. The van der Waals surface area contributed by atoms with E-state index >= 15 is 0 Å². The Kier molecular flexibility index (Phi) is 2.80. The topological polar surface area (TPSA) is 64.1 Å². The van der Waals surface area contributed by atoms with Crippen molar-refractivity contribution in [1.82, 2.24) is 10.4 Å². The highest BCUT2D eigenvalue weighted by atomic mass is 16.3. The molecule has 0 bridgehead atoms. The van der Waals surface area contributed by atoms with Crippen molar-refractivity contribution in [1.29, 1.82) is 0 Å². The SMILES string of the molecule is NNC(c1ccoc1)c1cccc2cccnc12. The second-order valence-corrected chi connectivity index (χ2v) is 4.08. The second-order valence-electron chi connectivity index (χ2n) is 4.08. The first-order chi connectivity index (χ1) is 8.90. The van der Waals surface area contributed by atoms with Gasteiger partial charge in [0, 0.05) is 22.7 Å². The fourth-order valence-corrected chi connectivity index (χ4v) is 2.17. The summed E-state index contributed by atoms with van der Waals surface area (Å²) in [6.45, 7) is 0. The number of benzene rings is 1. The Bertz CT molecular complexity index is 644. The van der Waals surface area contributed by atoms with Gasteiger partial charge in [-0.2, -0.15) is 0 Å². The molecule has 18 heavy (non-hydrogen) atoms. The summed E-state index contributed by atoms with van der Waals surface area (Å²) < 4.78 is 5.11. The first-order valence-electron chi connectivity index (χ1n) is 5.72. The molecule has 0 aliphatic heterocycles. The van der Waals surface area contributed by atoms with Gasteiger partial charge in [-0.1, -0.05) is 24.3 Å². The number of nitrogens with zero attached hydrogens (tertiary/aromatic N) is 1. The van der Waals surface area contributed by atoms with Crippen LogP contribution in [0.4, 0.5) is 0 Å². The van der Waals surface area contributed by atoms with Crippen LogP contribution >= 0.6 is 0 Å². The molecule has 0 aliphatic carbocycles. The summed E-state index contributed by atoms with van der Waals surface area (Å²) >= 11 is 0. The van der Waals surface area contributed by atoms with Gasteiger partial charge in [0.1, 0.15) is 0 Å². The molecule has 0 radical (unpaired) electrons. The summed E-state index contributed by atoms with van der Waals surface area (Å²) in [4.78, 5) is 4.43. The molecule has 0 amide bonds. The smallest absolute Gasteiger partial charge is 0.0954 e. The van der Waals surface area contributed by atoms with E-state index < -0.39 is 0 Å². The summed E-state index contributed by atoms with van der Waals surface area (Å²) in [5.74, 6) is 5.67. The van der Waals surface area contributed by atoms with Crippen molar-refractivity contribution in [3.05, 3.63) is 66.2 Å².